The van der Waals surface area contributed by atoms with E-state index in [1.54, 1.807) is 0 Å². The SMILES string of the molecule is CCC[C@@H](c1nc2ccc(Br)cc2c(=O)n1CC)N1CCNC[C@@H](C)C1. The normalized spacial score (nSPS) is 20.2. The summed E-state index contributed by atoms with van der Waals surface area (Å²) >= 11 is 3.47. The molecule has 0 aliphatic carbocycles. The minimum atomic E-state index is 0.0656. The van der Waals surface area contributed by atoms with Crippen molar-refractivity contribution < 1.29 is 0 Å². The molecule has 1 N–H and O–H groups in total. The summed E-state index contributed by atoms with van der Waals surface area (Å²) < 4.78 is 2.79. The lowest BCUT2D eigenvalue weighted by molar-refractivity contribution is 0.169. The van der Waals surface area contributed by atoms with Crippen LogP contribution in [0.2, 0.25) is 0 Å². The van der Waals surface area contributed by atoms with E-state index in [9.17, 15) is 4.79 Å². The maximum Gasteiger partial charge on any atom is 0.261 e. The molecule has 5 nitrogen and oxygen atoms in total. The molecule has 0 unspecified atom stereocenters. The molecule has 0 amide bonds. The second kappa shape index (κ2) is 8.63. The predicted molar refractivity (Wildman–Crippen MR) is 111 cm³/mol. The van der Waals surface area contributed by atoms with E-state index >= 15 is 0 Å². The van der Waals surface area contributed by atoms with Crippen LogP contribution in [0, 0.1) is 5.92 Å². The van der Waals surface area contributed by atoms with Crippen molar-refractivity contribution in [1.29, 1.82) is 0 Å². The van der Waals surface area contributed by atoms with Gasteiger partial charge in [-0.05, 0) is 44.0 Å². The summed E-state index contributed by atoms with van der Waals surface area (Å²) in [7, 11) is 0. The van der Waals surface area contributed by atoms with Crippen molar-refractivity contribution in [2.75, 3.05) is 26.2 Å². The summed E-state index contributed by atoms with van der Waals surface area (Å²) in [5, 5.41) is 4.20. The zero-order chi connectivity index (χ0) is 18.7. The minimum Gasteiger partial charge on any atom is -0.315 e. The molecule has 1 saturated heterocycles. The molecule has 1 aliphatic rings. The molecule has 2 heterocycles. The molecule has 142 valence electrons. The quantitative estimate of drug-likeness (QED) is 0.802. The van der Waals surface area contributed by atoms with Crippen LogP contribution in [0.1, 0.15) is 45.5 Å². The molecule has 26 heavy (non-hydrogen) atoms. The fourth-order valence-corrected chi connectivity index (χ4v) is 4.29. The Morgan fingerprint density at radius 3 is 2.92 bits per heavy atom. The largest absolute Gasteiger partial charge is 0.315 e. The van der Waals surface area contributed by atoms with Crippen molar-refractivity contribution in [2.45, 2.75) is 46.2 Å². The summed E-state index contributed by atoms with van der Waals surface area (Å²) in [5.74, 6) is 1.51. The van der Waals surface area contributed by atoms with Crippen molar-refractivity contribution in [2.24, 2.45) is 5.92 Å². The number of rotatable bonds is 5. The number of hydrogen-bond donors (Lipinski definition) is 1. The lowest BCUT2D eigenvalue weighted by Gasteiger charge is -2.32. The Morgan fingerprint density at radius 1 is 1.38 bits per heavy atom. The van der Waals surface area contributed by atoms with Crippen molar-refractivity contribution in [3.8, 4) is 0 Å². The number of nitrogens with one attached hydrogen (secondary N) is 1. The summed E-state index contributed by atoms with van der Waals surface area (Å²) in [6.45, 7) is 11.2. The molecule has 6 heteroatoms. The second-order valence-electron chi connectivity index (χ2n) is 7.29. The monoisotopic (exact) mass is 420 g/mol. The van der Waals surface area contributed by atoms with E-state index in [2.05, 4.69) is 40.0 Å². The van der Waals surface area contributed by atoms with Gasteiger partial charge in [0, 0.05) is 30.7 Å². The van der Waals surface area contributed by atoms with Crippen LogP contribution in [0.15, 0.2) is 27.5 Å². The van der Waals surface area contributed by atoms with Crippen molar-refractivity contribution in [3.63, 3.8) is 0 Å². The third-order valence-electron chi connectivity index (χ3n) is 5.18. The van der Waals surface area contributed by atoms with E-state index in [1.807, 2.05) is 29.7 Å². The van der Waals surface area contributed by atoms with Crippen LogP contribution in [-0.4, -0.2) is 40.6 Å². The van der Waals surface area contributed by atoms with Gasteiger partial charge >= 0.3 is 0 Å². The number of fused-ring (bicyclic) bond motifs is 1. The van der Waals surface area contributed by atoms with Crippen molar-refractivity contribution in [3.05, 3.63) is 38.9 Å². The Bertz CT molecular complexity index is 819. The Labute approximate surface area is 163 Å². The second-order valence-corrected chi connectivity index (χ2v) is 8.21. The predicted octanol–water partition coefficient (Wildman–Crippen LogP) is 3.56. The van der Waals surface area contributed by atoms with Crippen LogP contribution in [0.5, 0.6) is 0 Å². The van der Waals surface area contributed by atoms with E-state index in [1.165, 1.54) is 0 Å². The van der Waals surface area contributed by atoms with Gasteiger partial charge in [0.15, 0.2) is 0 Å². The number of halogens is 1. The highest BCUT2D eigenvalue weighted by Gasteiger charge is 2.27. The molecule has 1 fully saturated rings. The van der Waals surface area contributed by atoms with E-state index in [4.69, 9.17) is 4.98 Å². The molecule has 0 radical (unpaired) electrons. The summed E-state index contributed by atoms with van der Waals surface area (Å²) in [4.78, 5) is 20.6. The average Bonchev–Trinajstić information content (AvgIpc) is 2.84. The fourth-order valence-electron chi connectivity index (χ4n) is 3.93. The molecule has 2 aromatic rings. The molecule has 0 bridgehead atoms. The zero-order valence-corrected chi connectivity index (χ0v) is 17.6. The topological polar surface area (TPSA) is 50.2 Å². The lowest BCUT2D eigenvalue weighted by Crippen LogP contribution is -2.38. The van der Waals surface area contributed by atoms with Crippen LogP contribution >= 0.6 is 15.9 Å². The Balaban J connectivity index is 2.12. The first kappa shape index (κ1) is 19.5. The maximum absolute atomic E-state index is 13.1. The van der Waals surface area contributed by atoms with E-state index < -0.39 is 0 Å². The van der Waals surface area contributed by atoms with Gasteiger partial charge in [0.1, 0.15) is 5.82 Å². The third kappa shape index (κ3) is 4.02. The Kier molecular flexibility index (Phi) is 6.48. The standard InChI is InChI=1S/C20H29BrN4O/c1-4-6-18(24-10-9-22-12-14(3)13-24)19-23-17-8-7-15(21)11-16(17)20(26)25(19)5-2/h7-8,11,14,18,22H,4-6,9-10,12-13H2,1-3H3/t14-,18+/m1/s1. The molecule has 0 saturated carbocycles. The fraction of sp³-hybridized carbons (Fsp3) is 0.600. The van der Waals surface area contributed by atoms with Crippen molar-refractivity contribution >= 4 is 26.8 Å². The van der Waals surface area contributed by atoms with Gasteiger partial charge < -0.3 is 5.32 Å². The molecule has 0 spiro atoms. The van der Waals surface area contributed by atoms with E-state index in [0.29, 0.717) is 17.8 Å². The molecule has 3 rings (SSSR count). The smallest absolute Gasteiger partial charge is 0.261 e. The van der Waals surface area contributed by atoms with Gasteiger partial charge in [-0.25, -0.2) is 4.98 Å². The highest BCUT2D eigenvalue weighted by molar-refractivity contribution is 9.10. The Morgan fingerprint density at radius 2 is 2.19 bits per heavy atom. The van der Waals surface area contributed by atoms with Crippen LogP contribution in [-0.2, 0) is 6.54 Å². The van der Waals surface area contributed by atoms with Gasteiger partial charge in [0.25, 0.3) is 5.56 Å². The summed E-state index contributed by atoms with van der Waals surface area (Å²) in [6.07, 6.45) is 2.09. The number of nitrogens with zero attached hydrogens (tertiary/aromatic N) is 3. The molecule has 2 atom stereocenters. The highest BCUT2D eigenvalue weighted by atomic mass is 79.9. The molecular formula is C20H29BrN4O. The number of aromatic nitrogens is 2. The summed E-state index contributed by atoms with van der Waals surface area (Å²) in [5.41, 5.74) is 0.857. The first-order valence-electron chi connectivity index (χ1n) is 9.69. The highest BCUT2D eigenvalue weighted by Crippen LogP contribution is 2.27. The maximum atomic E-state index is 13.1. The lowest BCUT2D eigenvalue weighted by atomic mass is 10.1. The first-order chi connectivity index (χ1) is 12.5. The van der Waals surface area contributed by atoms with Gasteiger partial charge in [-0.2, -0.15) is 0 Å². The minimum absolute atomic E-state index is 0.0656. The third-order valence-corrected chi connectivity index (χ3v) is 5.67. The van der Waals surface area contributed by atoms with Gasteiger partial charge in [-0.3, -0.25) is 14.3 Å². The first-order valence-corrected chi connectivity index (χ1v) is 10.5. The van der Waals surface area contributed by atoms with Crippen molar-refractivity contribution in [1.82, 2.24) is 19.8 Å². The Hall–Kier alpha value is -1.24. The molecule has 1 aromatic heterocycles. The zero-order valence-electron chi connectivity index (χ0n) is 16.0. The van der Waals surface area contributed by atoms with Crippen LogP contribution < -0.4 is 10.9 Å². The average molecular weight is 421 g/mol. The number of benzene rings is 1. The van der Waals surface area contributed by atoms with Crippen LogP contribution in [0.4, 0.5) is 0 Å². The molecule has 1 aliphatic heterocycles. The van der Waals surface area contributed by atoms with Crippen LogP contribution in [0.25, 0.3) is 10.9 Å². The van der Waals surface area contributed by atoms with Gasteiger partial charge in [0.05, 0.1) is 16.9 Å². The van der Waals surface area contributed by atoms with Gasteiger partial charge in [-0.1, -0.05) is 36.2 Å². The molecular weight excluding hydrogens is 392 g/mol. The van der Waals surface area contributed by atoms with E-state index in [-0.39, 0.29) is 11.6 Å². The van der Waals surface area contributed by atoms with Gasteiger partial charge in [-0.15, -0.1) is 0 Å². The van der Waals surface area contributed by atoms with Gasteiger partial charge in [0.2, 0.25) is 0 Å². The van der Waals surface area contributed by atoms with Crippen LogP contribution in [0.3, 0.4) is 0 Å². The van der Waals surface area contributed by atoms with E-state index in [0.717, 1.165) is 54.8 Å². The number of hydrogen-bond acceptors (Lipinski definition) is 4. The summed E-state index contributed by atoms with van der Waals surface area (Å²) in [6, 6.07) is 5.97. The molecule has 1 aromatic carbocycles.